The van der Waals surface area contributed by atoms with Crippen LogP contribution in [0.5, 0.6) is 0 Å². The van der Waals surface area contributed by atoms with Crippen molar-refractivity contribution in [2.45, 2.75) is 20.3 Å². The maximum absolute atomic E-state index is 11.0. The van der Waals surface area contributed by atoms with Crippen LogP contribution in [-0.4, -0.2) is 5.91 Å². The summed E-state index contributed by atoms with van der Waals surface area (Å²) in [6.07, 6.45) is 4.17. The zero-order valence-corrected chi connectivity index (χ0v) is 7.48. The topological polar surface area (TPSA) is 29.1 Å². The van der Waals surface area contributed by atoms with Crippen LogP contribution in [-0.2, 0) is 4.79 Å². The van der Waals surface area contributed by atoms with Crippen molar-refractivity contribution in [3.05, 3.63) is 35.6 Å². The van der Waals surface area contributed by atoms with Crippen LogP contribution in [0.15, 0.2) is 35.6 Å². The lowest BCUT2D eigenvalue weighted by atomic mass is 10.1. The lowest BCUT2D eigenvalue weighted by Crippen LogP contribution is -2.13. The maximum Gasteiger partial charge on any atom is 0.228 e. The Morgan fingerprint density at radius 1 is 1.58 bits per heavy atom. The molecule has 0 unspecified atom stereocenters. The van der Waals surface area contributed by atoms with E-state index >= 15 is 0 Å². The Morgan fingerprint density at radius 2 is 2.25 bits per heavy atom. The third-order valence-electron chi connectivity index (χ3n) is 1.64. The average molecular weight is 163 g/mol. The Morgan fingerprint density at radius 3 is 2.75 bits per heavy atom. The molecule has 1 rings (SSSR count). The summed E-state index contributed by atoms with van der Waals surface area (Å²) in [6.45, 7) is 7.65. The zero-order valence-electron chi connectivity index (χ0n) is 7.48. The minimum absolute atomic E-state index is 0.0531. The molecule has 0 bridgehead atoms. The molecule has 0 saturated heterocycles. The minimum Gasteiger partial charge on any atom is -0.326 e. The van der Waals surface area contributed by atoms with Crippen molar-refractivity contribution in [1.82, 2.24) is 5.32 Å². The summed E-state index contributed by atoms with van der Waals surface area (Å²) in [5.41, 5.74) is 3.08. The van der Waals surface area contributed by atoms with E-state index in [4.69, 9.17) is 0 Å². The third kappa shape index (κ3) is 1.84. The van der Waals surface area contributed by atoms with Gasteiger partial charge in [-0.15, -0.1) is 0 Å². The average Bonchev–Trinajstić information content (AvgIpc) is 2.29. The van der Waals surface area contributed by atoms with Gasteiger partial charge in [-0.3, -0.25) is 4.79 Å². The standard InChI is InChI=1S/C10H13NO/c1-4-9-8(5-7(2)3)6-10(12)11-9/h4-5H,1,6H2,2-3H3,(H,11,12). The lowest BCUT2D eigenvalue weighted by molar-refractivity contribution is -0.118. The van der Waals surface area contributed by atoms with Crippen LogP contribution in [0.1, 0.15) is 20.3 Å². The van der Waals surface area contributed by atoms with E-state index in [-0.39, 0.29) is 5.91 Å². The minimum atomic E-state index is 0.0531. The van der Waals surface area contributed by atoms with Gasteiger partial charge in [-0.1, -0.05) is 18.2 Å². The summed E-state index contributed by atoms with van der Waals surface area (Å²) >= 11 is 0. The van der Waals surface area contributed by atoms with Crippen LogP contribution in [0.3, 0.4) is 0 Å². The van der Waals surface area contributed by atoms with Crippen LogP contribution in [0.4, 0.5) is 0 Å². The Bertz CT molecular complexity index is 280. The molecule has 1 aliphatic rings. The van der Waals surface area contributed by atoms with Crippen molar-refractivity contribution in [2.75, 3.05) is 0 Å². The SMILES string of the molecule is C=CC1=C(C=C(C)C)CC(=O)N1. The number of hydrogen-bond acceptors (Lipinski definition) is 1. The molecule has 0 spiro atoms. The van der Waals surface area contributed by atoms with Crippen molar-refractivity contribution in [1.29, 1.82) is 0 Å². The highest BCUT2D eigenvalue weighted by Gasteiger charge is 2.16. The molecule has 0 aromatic carbocycles. The third-order valence-corrected chi connectivity index (χ3v) is 1.64. The van der Waals surface area contributed by atoms with Gasteiger partial charge in [0.2, 0.25) is 5.91 Å². The number of nitrogens with one attached hydrogen (secondary N) is 1. The number of carbonyl (C=O) groups excluding carboxylic acids is 1. The number of allylic oxidation sites excluding steroid dienone is 3. The molecule has 64 valence electrons. The molecule has 0 atom stereocenters. The summed E-state index contributed by atoms with van der Waals surface area (Å²) < 4.78 is 0. The van der Waals surface area contributed by atoms with Crippen LogP contribution in [0, 0.1) is 0 Å². The van der Waals surface area contributed by atoms with Gasteiger partial charge in [0.15, 0.2) is 0 Å². The number of carbonyl (C=O) groups is 1. The van der Waals surface area contributed by atoms with E-state index in [1.165, 1.54) is 5.57 Å². The smallest absolute Gasteiger partial charge is 0.228 e. The monoisotopic (exact) mass is 163 g/mol. The van der Waals surface area contributed by atoms with Gasteiger partial charge in [0, 0.05) is 5.70 Å². The number of amides is 1. The molecule has 2 nitrogen and oxygen atoms in total. The van der Waals surface area contributed by atoms with Crippen molar-refractivity contribution in [2.24, 2.45) is 0 Å². The zero-order chi connectivity index (χ0) is 9.14. The molecule has 0 aromatic heterocycles. The molecular formula is C10H13NO. The predicted octanol–water partition coefficient (Wildman–Crippen LogP) is 1.91. The Labute approximate surface area is 72.7 Å². The van der Waals surface area contributed by atoms with E-state index < -0.39 is 0 Å². The highest BCUT2D eigenvalue weighted by atomic mass is 16.1. The van der Waals surface area contributed by atoms with Crippen LogP contribution >= 0.6 is 0 Å². The molecule has 1 heterocycles. The first kappa shape index (κ1) is 8.78. The molecule has 12 heavy (non-hydrogen) atoms. The molecule has 1 N–H and O–H groups in total. The Hall–Kier alpha value is -1.31. The van der Waals surface area contributed by atoms with Gasteiger partial charge in [0.1, 0.15) is 0 Å². The van der Waals surface area contributed by atoms with Crippen LogP contribution in [0.25, 0.3) is 0 Å². The first-order valence-electron chi connectivity index (χ1n) is 3.94. The second-order valence-corrected chi connectivity index (χ2v) is 3.09. The molecule has 0 radical (unpaired) electrons. The van der Waals surface area contributed by atoms with Crippen LogP contribution < -0.4 is 5.32 Å². The molecule has 1 amide bonds. The van der Waals surface area contributed by atoms with E-state index in [0.717, 1.165) is 11.3 Å². The molecule has 0 aliphatic carbocycles. The molecule has 0 saturated carbocycles. The number of hydrogen-bond donors (Lipinski definition) is 1. The quantitative estimate of drug-likeness (QED) is 0.662. The van der Waals surface area contributed by atoms with E-state index in [2.05, 4.69) is 11.9 Å². The highest BCUT2D eigenvalue weighted by Crippen LogP contribution is 2.17. The second kappa shape index (κ2) is 3.39. The summed E-state index contributed by atoms with van der Waals surface area (Å²) in [6, 6.07) is 0. The van der Waals surface area contributed by atoms with Gasteiger partial charge >= 0.3 is 0 Å². The van der Waals surface area contributed by atoms with E-state index in [0.29, 0.717) is 6.42 Å². The lowest BCUT2D eigenvalue weighted by Gasteiger charge is -1.95. The van der Waals surface area contributed by atoms with E-state index in [9.17, 15) is 4.79 Å². The van der Waals surface area contributed by atoms with Gasteiger partial charge in [-0.05, 0) is 25.5 Å². The van der Waals surface area contributed by atoms with Crippen LogP contribution in [0.2, 0.25) is 0 Å². The number of rotatable bonds is 2. The fourth-order valence-corrected chi connectivity index (χ4v) is 1.20. The van der Waals surface area contributed by atoms with Crippen molar-refractivity contribution in [3.8, 4) is 0 Å². The first-order valence-corrected chi connectivity index (χ1v) is 3.94. The van der Waals surface area contributed by atoms with Gasteiger partial charge in [-0.2, -0.15) is 0 Å². The van der Waals surface area contributed by atoms with Crippen molar-refractivity contribution >= 4 is 5.91 Å². The van der Waals surface area contributed by atoms with Crippen molar-refractivity contribution in [3.63, 3.8) is 0 Å². The van der Waals surface area contributed by atoms with E-state index in [1.54, 1.807) is 6.08 Å². The Balaban J connectivity index is 2.92. The predicted molar refractivity (Wildman–Crippen MR) is 49.4 cm³/mol. The summed E-state index contributed by atoms with van der Waals surface area (Å²) in [7, 11) is 0. The molecule has 0 aromatic rings. The second-order valence-electron chi connectivity index (χ2n) is 3.09. The van der Waals surface area contributed by atoms with Gasteiger partial charge in [0.25, 0.3) is 0 Å². The molecule has 1 aliphatic heterocycles. The van der Waals surface area contributed by atoms with Gasteiger partial charge < -0.3 is 5.32 Å². The summed E-state index contributed by atoms with van der Waals surface area (Å²) in [5, 5.41) is 2.74. The van der Waals surface area contributed by atoms with Gasteiger partial charge in [0.05, 0.1) is 6.42 Å². The molecule has 2 heteroatoms. The summed E-state index contributed by atoms with van der Waals surface area (Å²) in [4.78, 5) is 11.0. The van der Waals surface area contributed by atoms with Gasteiger partial charge in [-0.25, -0.2) is 0 Å². The van der Waals surface area contributed by atoms with E-state index in [1.807, 2.05) is 19.9 Å². The fourth-order valence-electron chi connectivity index (χ4n) is 1.20. The Kier molecular flexibility index (Phi) is 2.48. The largest absolute Gasteiger partial charge is 0.326 e. The fraction of sp³-hybridized carbons (Fsp3) is 0.300. The van der Waals surface area contributed by atoms with Crippen molar-refractivity contribution < 1.29 is 4.79 Å². The highest BCUT2D eigenvalue weighted by molar-refractivity contribution is 5.85. The molecular weight excluding hydrogens is 150 g/mol. The molecule has 0 fully saturated rings. The maximum atomic E-state index is 11.0. The normalized spacial score (nSPS) is 16.0. The first-order chi connectivity index (χ1) is 5.63. The summed E-state index contributed by atoms with van der Waals surface area (Å²) in [5.74, 6) is 0.0531.